The van der Waals surface area contributed by atoms with Crippen molar-refractivity contribution in [2.45, 2.75) is 13.1 Å². The first-order valence-corrected chi connectivity index (χ1v) is 8.13. The molecule has 0 unspecified atom stereocenters. The van der Waals surface area contributed by atoms with Crippen molar-refractivity contribution in [3.05, 3.63) is 70.2 Å². The van der Waals surface area contributed by atoms with Gasteiger partial charge in [-0.2, -0.15) is 13.2 Å². The first-order chi connectivity index (χ1) is 13.3. The Kier molecular flexibility index (Phi) is 5.46. The van der Waals surface area contributed by atoms with Crippen LogP contribution in [0.2, 0.25) is 5.02 Å². The molecule has 2 aromatic heterocycles. The van der Waals surface area contributed by atoms with Crippen LogP contribution in [0.3, 0.4) is 0 Å². The van der Waals surface area contributed by atoms with Crippen molar-refractivity contribution in [3.63, 3.8) is 0 Å². The number of alkyl halides is 3. The highest BCUT2D eigenvalue weighted by Crippen LogP contribution is 2.30. The Morgan fingerprint density at radius 2 is 2.07 bits per heavy atom. The summed E-state index contributed by atoms with van der Waals surface area (Å²) in [6, 6.07) is 8.61. The topological polar surface area (TPSA) is 77.6 Å². The van der Waals surface area contributed by atoms with E-state index in [-0.39, 0.29) is 22.6 Å². The molecule has 0 saturated carbocycles. The van der Waals surface area contributed by atoms with Crippen LogP contribution in [-0.2, 0) is 11.0 Å². The second kappa shape index (κ2) is 7.81. The van der Waals surface area contributed by atoms with E-state index in [1.165, 1.54) is 13.1 Å². The summed E-state index contributed by atoms with van der Waals surface area (Å²) in [4.78, 5) is 20.5. The highest BCUT2D eigenvalue weighted by atomic mass is 35.5. The molecule has 0 N–H and O–H groups in total. The number of benzene rings is 1. The minimum absolute atomic E-state index is 0.00156. The molecule has 1 aromatic carbocycles. The van der Waals surface area contributed by atoms with Crippen molar-refractivity contribution < 1.29 is 27.3 Å². The van der Waals surface area contributed by atoms with Crippen LogP contribution in [0.25, 0.3) is 11.3 Å². The fraction of sp³-hybridized carbons (Fsp3) is 0.111. The lowest BCUT2D eigenvalue weighted by Crippen LogP contribution is -2.08. The fourth-order valence-corrected chi connectivity index (χ4v) is 2.48. The van der Waals surface area contributed by atoms with Crippen molar-refractivity contribution in [3.8, 4) is 11.3 Å². The molecule has 0 aliphatic heterocycles. The van der Waals surface area contributed by atoms with Crippen LogP contribution in [0, 0.1) is 6.92 Å². The fourth-order valence-electron chi connectivity index (χ4n) is 2.28. The SMILES string of the molecule is Cc1onc(-c2ccc(C(F)(F)F)nc2)c1C(=O)ON=Cc1cccc(Cl)c1. The van der Waals surface area contributed by atoms with Gasteiger partial charge in [0.1, 0.15) is 22.7 Å². The summed E-state index contributed by atoms with van der Waals surface area (Å²) in [6.45, 7) is 1.46. The first kappa shape index (κ1) is 19.6. The zero-order chi connectivity index (χ0) is 20.3. The van der Waals surface area contributed by atoms with E-state index >= 15 is 0 Å². The Labute approximate surface area is 161 Å². The van der Waals surface area contributed by atoms with Gasteiger partial charge in [-0.05, 0) is 36.8 Å². The predicted molar refractivity (Wildman–Crippen MR) is 93.9 cm³/mol. The number of oxime groups is 1. The zero-order valence-electron chi connectivity index (χ0n) is 14.2. The van der Waals surface area contributed by atoms with Crippen LogP contribution in [-0.4, -0.2) is 22.3 Å². The summed E-state index contributed by atoms with van der Waals surface area (Å²) in [7, 11) is 0. The van der Waals surface area contributed by atoms with Gasteiger partial charge in [-0.15, -0.1) is 0 Å². The van der Waals surface area contributed by atoms with Crippen LogP contribution < -0.4 is 0 Å². The maximum atomic E-state index is 12.6. The number of hydrogen-bond donors (Lipinski definition) is 0. The van der Waals surface area contributed by atoms with Gasteiger partial charge in [-0.1, -0.05) is 34.0 Å². The molecule has 2 heterocycles. The average Bonchev–Trinajstić information content (AvgIpc) is 3.03. The molecule has 0 radical (unpaired) electrons. The van der Waals surface area contributed by atoms with Crippen molar-refractivity contribution >= 4 is 23.8 Å². The molecule has 144 valence electrons. The van der Waals surface area contributed by atoms with E-state index in [0.29, 0.717) is 10.6 Å². The van der Waals surface area contributed by atoms with Crippen LogP contribution in [0.5, 0.6) is 0 Å². The molecule has 3 rings (SSSR count). The van der Waals surface area contributed by atoms with E-state index in [1.807, 2.05) is 0 Å². The number of aryl methyl sites for hydroxylation is 1. The summed E-state index contributed by atoms with van der Waals surface area (Å²) in [5.74, 6) is -0.759. The molecule has 6 nitrogen and oxygen atoms in total. The average molecular weight is 410 g/mol. The highest BCUT2D eigenvalue weighted by Gasteiger charge is 2.32. The largest absolute Gasteiger partial charge is 0.433 e. The molecule has 0 aliphatic rings. The lowest BCUT2D eigenvalue weighted by atomic mass is 10.1. The number of nitrogens with zero attached hydrogens (tertiary/aromatic N) is 3. The van der Waals surface area contributed by atoms with Gasteiger partial charge in [0, 0.05) is 16.8 Å². The van der Waals surface area contributed by atoms with Gasteiger partial charge in [0.15, 0.2) is 0 Å². The van der Waals surface area contributed by atoms with Gasteiger partial charge in [0.2, 0.25) is 0 Å². The minimum Gasteiger partial charge on any atom is -0.360 e. The van der Waals surface area contributed by atoms with Crippen molar-refractivity contribution in [2.24, 2.45) is 5.16 Å². The van der Waals surface area contributed by atoms with Crippen molar-refractivity contribution in [1.29, 1.82) is 0 Å². The molecule has 0 fully saturated rings. The lowest BCUT2D eigenvalue weighted by Gasteiger charge is -2.05. The van der Waals surface area contributed by atoms with E-state index in [1.54, 1.807) is 24.3 Å². The first-order valence-electron chi connectivity index (χ1n) is 7.76. The molecule has 3 aromatic rings. The monoisotopic (exact) mass is 409 g/mol. The van der Waals surface area contributed by atoms with Crippen LogP contribution in [0.15, 0.2) is 52.3 Å². The number of aromatic nitrogens is 2. The Balaban J connectivity index is 1.81. The van der Waals surface area contributed by atoms with Gasteiger partial charge in [-0.25, -0.2) is 4.79 Å². The predicted octanol–water partition coefficient (Wildman–Crippen LogP) is 4.91. The molecule has 0 amide bonds. The van der Waals surface area contributed by atoms with Crippen LogP contribution >= 0.6 is 11.6 Å². The van der Waals surface area contributed by atoms with E-state index in [4.69, 9.17) is 21.0 Å². The molecule has 0 spiro atoms. The quantitative estimate of drug-likeness (QED) is 0.347. The van der Waals surface area contributed by atoms with Gasteiger partial charge in [-0.3, -0.25) is 4.98 Å². The number of carbonyl (C=O) groups excluding carboxylic acids is 1. The number of carbonyl (C=O) groups is 1. The molecule has 0 bridgehead atoms. The Bertz CT molecular complexity index is 1030. The summed E-state index contributed by atoms with van der Waals surface area (Å²) < 4.78 is 42.9. The molecule has 0 saturated heterocycles. The van der Waals surface area contributed by atoms with Gasteiger partial charge in [0.05, 0.1) is 6.21 Å². The number of rotatable bonds is 4. The third kappa shape index (κ3) is 4.37. The number of hydrogen-bond acceptors (Lipinski definition) is 6. The van der Waals surface area contributed by atoms with Gasteiger partial charge >= 0.3 is 12.1 Å². The van der Waals surface area contributed by atoms with Crippen molar-refractivity contribution in [1.82, 2.24) is 10.1 Å². The van der Waals surface area contributed by atoms with Gasteiger partial charge in [0.25, 0.3) is 0 Å². The standard InChI is InChI=1S/C18H11ClF3N3O3/c1-10-15(17(26)28-24-8-11-3-2-4-13(19)7-11)16(25-27-10)12-5-6-14(23-9-12)18(20,21)22/h2-9H,1H3. The van der Waals surface area contributed by atoms with Gasteiger partial charge < -0.3 is 9.36 Å². The molecule has 10 heteroatoms. The van der Waals surface area contributed by atoms with E-state index in [0.717, 1.165) is 18.3 Å². The Morgan fingerprint density at radius 3 is 2.71 bits per heavy atom. The maximum absolute atomic E-state index is 12.6. The molecule has 28 heavy (non-hydrogen) atoms. The Morgan fingerprint density at radius 1 is 1.29 bits per heavy atom. The summed E-state index contributed by atoms with van der Waals surface area (Å²) in [6.07, 6.45) is -2.34. The normalized spacial score (nSPS) is 11.8. The lowest BCUT2D eigenvalue weighted by molar-refractivity contribution is -0.141. The number of pyridine rings is 1. The second-order valence-electron chi connectivity index (χ2n) is 5.56. The highest BCUT2D eigenvalue weighted by molar-refractivity contribution is 6.30. The van der Waals surface area contributed by atoms with E-state index in [9.17, 15) is 18.0 Å². The molecular formula is C18H11ClF3N3O3. The summed E-state index contributed by atoms with van der Waals surface area (Å²) in [5, 5.41) is 7.79. The van der Waals surface area contributed by atoms with Crippen LogP contribution in [0.1, 0.15) is 27.4 Å². The third-order valence-electron chi connectivity index (χ3n) is 3.58. The van der Waals surface area contributed by atoms with E-state index < -0.39 is 17.8 Å². The number of halogens is 4. The molecule has 0 atom stereocenters. The summed E-state index contributed by atoms with van der Waals surface area (Å²) >= 11 is 5.85. The minimum atomic E-state index is -4.57. The smallest absolute Gasteiger partial charge is 0.360 e. The zero-order valence-corrected chi connectivity index (χ0v) is 15.0. The van der Waals surface area contributed by atoms with Crippen LogP contribution in [0.4, 0.5) is 13.2 Å². The second-order valence-corrected chi connectivity index (χ2v) is 6.00. The Hall–Kier alpha value is -3.20. The van der Waals surface area contributed by atoms with E-state index in [2.05, 4.69) is 15.3 Å². The molecular weight excluding hydrogens is 399 g/mol. The summed E-state index contributed by atoms with van der Waals surface area (Å²) in [5.41, 5.74) is -0.358. The maximum Gasteiger partial charge on any atom is 0.433 e. The molecule has 0 aliphatic carbocycles. The third-order valence-corrected chi connectivity index (χ3v) is 3.82. The van der Waals surface area contributed by atoms with Crippen molar-refractivity contribution in [2.75, 3.05) is 0 Å².